The molecule has 120 valence electrons. The molecule has 0 fully saturated rings. The molecule has 0 saturated carbocycles. The van der Waals surface area contributed by atoms with Crippen LogP contribution in [0.2, 0.25) is 0 Å². The fourth-order valence-corrected chi connectivity index (χ4v) is 2.39. The number of benzene rings is 1. The maximum absolute atomic E-state index is 13.6. The lowest BCUT2D eigenvalue weighted by atomic mass is 9.96. The van der Waals surface area contributed by atoms with Crippen molar-refractivity contribution >= 4 is 0 Å². The third kappa shape index (κ3) is 4.05. The number of hydrogen-bond donors (Lipinski definition) is 1. The summed E-state index contributed by atoms with van der Waals surface area (Å²) in [5.74, 6) is -0.372. The molecule has 1 N–H and O–H groups in total. The highest BCUT2D eigenvalue weighted by atomic mass is 19.1. The first-order chi connectivity index (χ1) is 11.1. The van der Waals surface area contributed by atoms with Crippen LogP contribution in [0.25, 0.3) is 11.1 Å². The Balaban J connectivity index is 2.48. The van der Waals surface area contributed by atoms with Crippen LogP contribution in [0.5, 0.6) is 0 Å². The number of nitrogens with one attached hydrogen (secondary N) is 1. The highest BCUT2D eigenvalue weighted by molar-refractivity contribution is 5.73. The number of nitriles is 1. The van der Waals surface area contributed by atoms with Gasteiger partial charge in [0.15, 0.2) is 0 Å². The number of hydrogen-bond acceptors (Lipinski definition) is 3. The van der Waals surface area contributed by atoms with E-state index in [0.29, 0.717) is 29.0 Å². The Morgan fingerprint density at radius 3 is 2.78 bits per heavy atom. The second-order valence-electron chi connectivity index (χ2n) is 5.39. The SMILES string of the molecule is CCCCOCc1cc(F)ccc1-c1cc(C)[nH]c(=O)c1C#N. The number of ether oxygens (including phenoxy) is 1. The van der Waals surface area contributed by atoms with Gasteiger partial charge in [-0.15, -0.1) is 0 Å². The Morgan fingerprint density at radius 1 is 1.30 bits per heavy atom. The van der Waals surface area contributed by atoms with Crippen molar-refractivity contribution < 1.29 is 9.13 Å². The van der Waals surface area contributed by atoms with E-state index >= 15 is 0 Å². The van der Waals surface area contributed by atoms with E-state index < -0.39 is 5.56 Å². The molecule has 0 atom stereocenters. The highest BCUT2D eigenvalue weighted by Crippen LogP contribution is 2.27. The number of H-pyrrole nitrogens is 1. The molecule has 0 unspecified atom stereocenters. The lowest BCUT2D eigenvalue weighted by molar-refractivity contribution is 0.118. The molecule has 1 aromatic carbocycles. The number of pyridine rings is 1. The van der Waals surface area contributed by atoms with Gasteiger partial charge in [0.2, 0.25) is 0 Å². The van der Waals surface area contributed by atoms with Crippen LogP contribution >= 0.6 is 0 Å². The molecule has 23 heavy (non-hydrogen) atoms. The highest BCUT2D eigenvalue weighted by Gasteiger charge is 2.14. The van der Waals surface area contributed by atoms with Gasteiger partial charge < -0.3 is 9.72 Å². The van der Waals surface area contributed by atoms with E-state index in [4.69, 9.17) is 4.74 Å². The summed E-state index contributed by atoms with van der Waals surface area (Å²) in [6, 6.07) is 7.95. The summed E-state index contributed by atoms with van der Waals surface area (Å²) in [5.41, 5.74) is 2.01. The minimum atomic E-state index is -0.440. The van der Waals surface area contributed by atoms with Crippen LogP contribution in [-0.4, -0.2) is 11.6 Å². The van der Waals surface area contributed by atoms with Gasteiger partial charge in [-0.2, -0.15) is 5.26 Å². The molecule has 0 saturated heterocycles. The van der Waals surface area contributed by atoms with E-state index in [1.165, 1.54) is 12.1 Å². The fourth-order valence-electron chi connectivity index (χ4n) is 2.39. The van der Waals surface area contributed by atoms with E-state index in [2.05, 4.69) is 11.9 Å². The Morgan fingerprint density at radius 2 is 2.09 bits per heavy atom. The van der Waals surface area contributed by atoms with Gasteiger partial charge in [-0.1, -0.05) is 19.4 Å². The van der Waals surface area contributed by atoms with Gasteiger partial charge in [0.25, 0.3) is 5.56 Å². The molecule has 0 aliphatic carbocycles. The predicted octanol–water partition coefficient (Wildman–Crippen LogP) is 3.68. The summed E-state index contributed by atoms with van der Waals surface area (Å²) >= 11 is 0. The van der Waals surface area contributed by atoms with Gasteiger partial charge in [-0.05, 0) is 42.7 Å². The first kappa shape index (κ1) is 16.9. The topological polar surface area (TPSA) is 65.9 Å². The molecule has 2 aromatic rings. The number of aryl methyl sites for hydroxylation is 1. The van der Waals surface area contributed by atoms with Crippen molar-refractivity contribution in [2.45, 2.75) is 33.3 Å². The van der Waals surface area contributed by atoms with Gasteiger partial charge in [-0.25, -0.2) is 4.39 Å². The molecule has 0 bridgehead atoms. The van der Waals surface area contributed by atoms with Crippen molar-refractivity contribution in [3.63, 3.8) is 0 Å². The summed E-state index contributed by atoms with van der Waals surface area (Å²) in [6.45, 7) is 4.64. The molecular weight excluding hydrogens is 295 g/mol. The normalized spacial score (nSPS) is 10.5. The average molecular weight is 314 g/mol. The first-order valence-corrected chi connectivity index (χ1v) is 7.57. The quantitative estimate of drug-likeness (QED) is 0.827. The number of halogens is 1. The number of aromatic nitrogens is 1. The zero-order chi connectivity index (χ0) is 16.8. The largest absolute Gasteiger partial charge is 0.377 e. The minimum absolute atomic E-state index is 0.0250. The van der Waals surface area contributed by atoms with E-state index in [1.807, 2.05) is 6.07 Å². The summed E-state index contributed by atoms with van der Waals surface area (Å²) in [7, 11) is 0. The molecule has 1 aromatic heterocycles. The van der Waals surface area contributed by atoms with Crippen molar-refractivity contribution in [3.05, 3.63) is 57.3 Å². The third-order valence-electron chi connectivity index (χ3n) is 3.54. The van der Waals surface area contributed by atoms with Gasteiger partial charge in [0.05, 0.1) is 6.61 Å². The Labute approximate surface area is 134 Å². The van der Waals surface area contributed by atoms with Gasteiger partial charge in [0, 0.05) is 17.9 Å². The smallest absolute Gasteiger partial charge is 0.266 e. The summed E-state index contributed by atoms with van der Waals surface area (Å²) in [6.07, 6.45) is 1.94. The molecule has 0 amide bonds. The average Bonchev–Trinajstić information content (AvgIpc) is 2.51. The van der Waals surface area contributed by atoms with Crippen LogP contribution in [0.4, 0.5) is 4.39 Å². The van der Waals surface area contributed by atoms with Crippen molar-refractivity contribution in [2.75, 3.05) is 6.61 Å². The number of aromatic amines is 1. The Kier molecular flexibility index (Phi) is 5.67. The van der Waals surface area contributed by atoms with Gasteiger partial charge in [0.1, 0.15) is 17.4 Å². The standard InChI is InChI=1S/C18H19FN2O2/c1-3-4-7-23-11-13-9-14(19)5-6-15(13)16-8-12(2)21-18(22)17(16)10-20/h5-6,8-9H,3-4,7,11H2,1-2H3,(H,21,22). The molecule has 5 heteroatoms. The summed E-state index contributed by atoms with van der Waals surface area (Å²) in [5, 5.41) is 9.27. The molecular formula is C18H19FN2O2. The van der Waals surface area contributed by atoms with E-state index in [9.17, 15) is 14.4 Å². The van der Waals surface area contributed by atoms with Crippen molar-refractivity contribution in [1.82, 2.24) is 4.98 Å². The molecule has 0 spiro atoms. The van der Waals surface area contributed by atoms with E-state index in [1.54, 1.807) is 19.1 Å². The zero-order valence-electron chi connectivity index (χ0n) is 13.3. The second kappa shape index (κ2) is 7.70. The third-order valence-corrected chi connectivity index (χ3v) is 3.54. The summed E-state index contributed by atoms with van der Waals surface area (Å²) in [4.78, 5) is 14.6. The number of nitrogens with zero attached hydrogens (tertiary/aromatic N) is 1. The second-order valence-corrected chi connectivity index (χ2v) is 5.39. The molecule has 2 rings (SSSR count). The lowest BCUT2D eigenvalue weighted by Gasteiger charge is -2.12. The predicted molar refractivity (Wildman–Crippen MR) is 86.5 cm³/mol. The maximum atomic E-state index is 13.6. The maximum Gasteiger partial charge on any atom is 0.266 e. The number of rotatable bonds is 6. The van der Waals surface area contributed by atoms with Crippen LogP contribution in [0.3, 0.4) is 0 Å². The monoisotopic (exact) mass is 314 g/mol. The van der Waals surface area contributed by atoms with Crippen LogP contribution < -0.4 is 5.56 Å². The zero-order valence-corrected chi connectivity index (χ0v) is 13.3. The molecule has 0 radical (unpaired) electrons. The fraction of sp³-hybridized carbons (Fsp3) is 0.333. The molecule has 0 aliphatic rings. The van der Waals surface area contributed by atoms with Gasteiger partial charge in [-0.3, -0.25) is 4.79 Å². The Bertz CT molecular complexity index is 791. The summed E-state index contributed by atoms with van der Waals surface area (Å²) < 4.78 is 19.2. The number of unbranched alkanes of at least 4 members (excludes halogenated alkanes) is 1. The van der Waals surface area contributed by atoms with Crippen LogP contribution in [0.15, 0.2) is 29.1 Å². The lowest BCUT2D eigenvalue weighted by Crippen LogP contribution is -2.13. The van der Waals surface area contributed by atoms with Crippen molar-refractivity contribution in [3.8, 4) is 17.2 Å². The van der Waals surface area contributed by atoms with Crippen LogP contribution in [0, 0.1) is 24.1 Å². The Hall–Kier alpha value is -2.45. The molecule has 4 nitrogen and oxygen atoms in total. The molecule has 0 aliphatic heterocycles. The van der Waals surface area contributed by atoms with E-state index in [0.717, 1.165) is 12.8 Å². The van der Waals surface area contributed by atoms with Crippen molar-refractivity contribution in [1.29, 1.82) is 5.26 Å². The molecule has 1 heterocycles. The van der Waals surface area contributed by atoms with Crippen LogP contribution in [0.1, 0.15) is 36.6 Å². The van der Waals surface area contributed by atoms with Crippen LogP contribution in [-0.2, 0) is 11.3 Å². The van der Waals surface area contributed by atoms with E-state index in [-0.39, 0.29) is 18.0 Å². The van der Waals surface area contributed by atoms with Crippen molar-refractivity contribution in [2.24, 2.45) is 0 Å². The van der Waals surface area contributed by atoms with Gasteiger partial charge >= 0.3 is 0 Å². The first-order valence-electron chi connectivity index (χ1n) is 7.57. The minimum Gasteiger partial charge on any atom is -0.377 e.